The lowest BCUT2D eigenvalue weighted by atomic mass is 10.2. The summed E-state index contributed by atoms with van der Waals surface area (Å²) in [5.74, 6) is 0.968. The number of aromatic nitrogens is 4. The van der Waals surface area contributed by atoms with Gasteiger partial charge in [0.05, 0.1) is 12.2 Å². The Morgan fingerprint density at radius 2 is 2.27 bits per heavy atom. The van der Waals surface area contributed by atoms with Gasteiger partial charge in [-0.3, -0.25) is 20.2 Å². The van der Waals surface area contributed by atoms with E-state index in [4.69, 9.17) is 0 Å². The number of thioether (sulfide) groups is 1. The molecule has 132 valence electrons. The molecule has 1 aliphatic rings. The Morgan fingerprint density at radius 3 is 3.12 bits per heavy atom. The normalized spacial score (nSPS) is 13.3. The van der Waals surface area contributed by atoms with Gasteiger partial charge in [0.15, 0.2) is 5.82 Å². The number of aromatic amines is 1. The Kier molecular flexibility index (Phi) is 4.53. The minimum absolute atomic E-state index is 0.145. The lowest BCUT2D eigenvalue weighted by Crippen LogP contribution is -2.37. The molecule has 2 aromatic heterocycles. The smallest absolute Gasteiger partial charge is 0.249 e. The van der Waals surface area contributed by atoms with Crippen LogP contribution in [-0.4, -0.2) is 44.9 Å². The van der Waals surface area contributed by atoms with Gasteiger partial charge in [0.1, 0.15) is 11.5 Å². The number of amides is 1. The van der Waals surface area contributed by atoms with Crippen LogP contribution in [-0.2, 0) is 4.79 Å². The van der Waals surface area contributed by atoms with Gasteiger partial charge in [0, 0.05) is 23.4 Å². The summed E-state index contributed by atoms with van der Waals surface area (Å²) >= 11 is 1.59. The number of benzene rings is 1. The summed E-state index contributed by atoms with van der Waals surface area (Å²) in [7, 11) is 0. The summed E-state index contributed by atoms with van der Waals surface area (Å²) in [6, 6.07) is 10.1. The van der Waals surface area contributed by atoms with Crippen LogP contribution in [0.3, 0.4) is 0 Å². The van der Waals surface area contributed by atoms with Gasteiger partial charge >= 0.3 is 0 Å². The Bertz CT molecular complexity index is 932. The number of hydrogen-bond donors (Lipinski definition) is 2. The number of hydrogen-bond acceptors (Lipinski definition) is 6. The summed E-state index contributed by atoms with van der Waals surface area (Å²) in [5, 5.41) is 9.44. The summed E-state index contributed by atoms with van der Waals surface area (Å²) in [4.78, 5) is 23.5. The second kappa shape index (κ2) is 7.12. The zero-order chi connectivity index (χ0) is 17.9. The van der Waals surface area contributed by atoms with E-state index in [0.29, 0.717) is 18.1 Å². The summed E-state index contributed by atoms with van der Waals surface area (Å²) in [6.45, 7) is 0.858. The van der Waals surface area contributed by atoms with E-state index < -0.39 is 0 Å². The molecule has 0 radical (unpaired) electrons. The second-order valence-electron chi connectivity index (χ2n) is 5.65. The van der Waals surface area contributed by atoms with Crippen molar-refractivity contribution in [3.8, 4) is 11.5 Å². The van der Waals surface area contributed by atoms with E-state index in [1.807, 2.05) is 17.0 Å². The van der Waals surface area contributed by atoms with E-state index >= 15 is 0 Å². The van der Waals surface area contributed by atoms with Crippen molar-refractivity contribution in [3.63, 3.8) is 0 Å². The number of rotatable bonds is 4. The fraction of sp³-hybridized carbons (Fsp3) is 0.176. The van der Waals surface area contributed by atoms with Gasteiger partial charge in [0.25, 0.3) is 0 Å². The van der Waals surface area contributed by atoms with E-state index in [0.717, 1.165) is 16.3 Å². The molecule has 0 atom stereocenters. The van der Waals surface area contributed by atoms with E-state index in [1.54, 1.807) is 30.1 Å². The Labute approximate surface area is 153 Å². The first-order valence-electron chi connectivity index (χ1n) is 8.00. The minimum Gasteiger partial charge on any atom is -0.360 e. The molecule has 9 heteroatoms. The average molecular weight is 370 g/mol. The number of H-pyrrole nitrogens is 1. The van der Waals surface area contributed by atoms with Crippen LogP contribution in [0.15, 0.2) is 47.5 Å². The molecule has 4 rings (SSSR count). The molecule has 0 spiro atoms. The number of anilines is 2. The van der Waals surface area contributed by atoms with Crippen LogP contribution in [0.2, 0.25) is 0 Å². The third kappa shape index (κ3) is 3.52. The number of nitrogens with zero attached hydrogens (tertiary/aromatic N) is 4. The third-order valence-electron chi connectivity index (χ3n) is 3.86. The molecule has 0 saturated carbocycles. The van der Waals surface area contributed by atoms with Crippen molar-refractivity contribution < 1.29 is 9.18 Å². The molecule has 0 unspecified atom stereocenters. The molecule has 1 amide bonds. The van der Waals surface area contributed by atoms with Gasteiger partial charge in [0.2, 0.25) is 11.9 Å². The number of nitrogens with one attached hydrogen (secondary N) is 2. The monoisotopic (exact) mass is 370 g/mol. The van der Waals surface area contributed by atoms with Crippen LogP contribution in [0, 0.1) is 5.82 Å². The fourth-order valence-corrected chi connectivity index (χ4v) is 3.76. The summed E-state index contributed by atoms with van der Waals surface area (Å²) < 4.78 is 13.4. The van der Waals surface area contributed by atoms with Crippen LogP contribution >= 0.6 is 11.8 Å². The molecule has 0 fully saturated rings. The van der Waals surface area contributed by atoms with E-state index in [2.05, 4.69) is 25.5 Å². The summed E-state index contributed by atoms with van der Waals surface area (Å²) in [5.41, 5.74) is 1.51. The maximum absolute atomic E-state index is 13.4. The Morgan fingerprint density at radius 1 is 1.35 bits per heavy atom. The highest BCUT2D eigenvalue weighted by molar-refractivity contribution is 7.99. The second-order valence-corrected chi connectivity index (χ2v) is 6.79. The zero-order valence-electron chi connectivity index (χ0n) is 13.6. The highest BCUT2D eigenvalue weighted by Gasteiger charge is 2.21. The molecule has 2 N–H and O–H groups in total. The lowest BCUT2D eigenvalue weighted by molar-refractivity contribution is -0.115. The first-order chi connectivity index (χ1) is 12.7. The topological polar surface area (TPSA) is 86.8 Å². The van der Waals surface area contributed by atoms with Crippen LogP contribution in [0.5, 0.6) is 0 Å². The van der Waals surface area contributed by atoms with Gasteiger partial charge in [-0.2, -0.15) is 4.98 Å². The highest BCUT2D eigenvalue weighted by atomic mass is 32.2. The van der Waals surface area contributed by atoms with Gasteiger partial charge in [-0.15, -0.1) is 16.9 Å². The number of carbonyl (C=O) groups excluding carboxylic acids is 1. The molecule has 1 aromatic carbocycles. The molecular formula is C17H15FN6OS. The molecule has 0 bridgehead atoms. The lowest BCUT2D eigenvalue weighted by Gasteiger charge is -2.30. The first kappa shape index (κ1) is 16.5. The number of carbonyl (C=O) groups is 1. The van der Waals surface area contributed by atoms with Gasteiger partial charge in [-0.25, -0.2) is 4.39 Å². The standard InChI is InChI=1S/C17H15FN6OS/c18-11-4-5-13-14(9-11)26-8-7-24(13)10-15(25)20-17-21-16(22-23-17)12-3-1-2-6-19-12/h1-6,9H,7-8,10H2,(H2,20,21,22,23,25). The quantitative estimate of drug-likeness (QED) is 0.734. The molecule has 1 aliphatic heterocycles. The van der Waals surface area contributed by atoms with Crippen LogP contribution < -0.4 is 10.2 Å². The molecule has 0 saturated heterocycles. The van der Waals surface area contributed by atoms with E-state index in [9.17, 15) is 9.18 Å². The largest absolute Gasteiger partial charge is 0.360 e. The van der Waals surface area contributed by atoms with Crippen molar-refractivity contribution in [2.24, 2.45) is 0 Å². The van der Waals surface area contributed by atoms with E-state index in [-0.39, 0.29) is 24.2 Å². The molecular weight excluding hydrogens is 355 g/mol. The molecule has 26 heavy (non-hydrogen) atoms. The Hall–Kier alpha value is -2.94. The van der Waals surface area contributed by atoms with E-state index in [1.165, 1.54) is 12.1 Å². The van der Waals surface area contributed by atoms with Gasteiger partial charge in [-0.05, 0) is 30.3 Å². The fourth-order valence-electron chi connectivity index (χ4n) is 2.69. The van der Waals surface area contributed by atoms with Crippen molar-refractivity contribution in [1.82, 2.24) is 20.2 Å². The van der Waals surface area contributed by atoms with Gasteiger partial charge < -0.3 is 4.90 Å². The zero-order valence-corrected chi connectivity index (χ0v) is 14.5. The molecule has 3 aromatic rings. The predicted octanol–water partition coefficient (Wildman–Crippen LogP) is 2.56. The van der Waals surface area contributed by atoms with Gasteiger partial charge in [-0.1, -0.05) is 6.07 Å². The van der Waals surface area contributed by atoms with Crippen molar-refractivity contribution in [3.05, 3.63) is 48.4 Å². The number of fused-ring (bicyclic) bond motifs is 1. The number of halogens is 1. The van der Waals surface area contributed by atoms with Crippen molar-refractivity contribution >= 4 is 29.3 Å². The summed E-state index contributed by atoms with van der Waals surface area (Å²) in [6.07, 6.45) is 1.66. The van der Waals surface area contributed by atoms with Crippen molar-refractivity contribution in [1.29, 1.82) is 0 Å². The van der Waals surface area contributed by atoms with Crippen LogP contribution in [0.4, 0.5) is 16.0 Å². The minimum atomic E-state index is -0.273. The maximum Gasteiger partial charge on any atom is 0.249 e. The maximum atomic E-state index is 13.4. The first-order valence-corrected chi connectivity index (χ1v) is 8.98. The Balaban J connectivity index is 1.43. The van der Waals surface area contributed by atoms with Crippen LogP contribution in [0.25, 0.3) is 11.5 Å². The molecule has 7 nitrogen and oxygen atoms in total. The van der Waals surface area contributed by atoms with Crippen molar-refractivity contribution in [2.45, 2.75) is 4.90 Å². The third-order valence-corrected chi connectivity index (χ3v) is 4.88. The van der Waals surface area contributed by atoms with Crippen molar-refractivity contribution in [2.75, 3.05) is 29.1 Å². The predicted molar refractivity (Wildman–Crippen MR) is 97.6 cm³/mol. The van der Waals surface area contributed by atoms with Crippen LogP contribution in [0.1, 0.15) is 0 Å². The SMILES string of the molecule is O=C(CN1CCSc2cc(F)ccc21)Nc1n[nH]c(-c2ccccn2)n1. The highest BCUT2D eigenvalue weighted by Crippen LogP contribution is 2.34. The number of pyridine rings is 1. The average Bonchev–Trinajstić information content (AvgIpc) is 3.11. The molecule has 3 heterocycles. The molecule has 0 aliphatic carbocycles.